The summed E-state index contributed by atoms with van der Waals surface area (Å²) >= 11 is 0. The van der Waals surface area contributed by atoms with Crippen molar-refractivity contribution in [3.8, 4) is 0 Å². The van der Waals surface area contributed by atoms with Gasteiger partial charge in [0, 0.05) is 50.0 Å². The Morgan fingerprint density at radius 2 is 1.17 bits per heavy atom. The zero-order chi connectivity index (χ0) is 38.2. The summed E-state index contributed by atoms with van der Waals surface area (Å²) in [5.41, 5.74) is 0.989. The molecule has 3 atom stereocenters. The number of rotatable bonds is 17. The third-order valence-corrected chi connectivity index (χ3v) is 8.63. The average Bonchev–Trinajstić information content (AvgIpc) is 3.03. The van der Waals surface area contributed by atoms with E-state index in [0.717, 1.165) is 63.9 Å². The van der Waals surface area contributed by atoms with Crippen LogP contribution < -0.4 is 26.6 Å². The standard InChI is InChI=1S/C16H30N2O.C14H26N2O2.C13H23NO.CH4/c1-14(2)17-11-12-18-15(3)13-19-16-9-7-5-4-6-8-10-16;1-12(2)15-10-11-16-14(17)18-13-8-6-4-3-5-7-9-13;1-11(2)14-12(3)15-13-9-7-5-4-6-8-10-13;/h4-5,14,16-18H,3,6-13H2,1-2H3;6,8,12-13,15H,3-5,7,9-11H2,1-2H3,(H,16,17);7,9,11,13-14H,3-6,8,10H2,1-2H3;1H4/b5-4+;8-6+;9-7+;/t16-;2*13-;/m011./s1. The van der Waals surface area contributed by atoms with Crippen molar-refractivity contribution in [3.63, 3.8) is 0 Å². The summed E-state index contributed by atoms with van der Waals surface area (Å²) in [5, 5.41) is 15.9. The van der Waals surface area contributed by atoms with Gasteiger partial charge in [-0.15, -0.1) is 0 Å². The van der Waals surface area contributed by atoms with Crippen LogP contribution in [0, 0.1) is 0 Å². The summed E-state index contributed by atoms with van der Waals surface area (Å²) < 4.78 is 17.1. The van der Waals surface area contributed by atoms with E-state index in [1.165, 1.54) is 57.8 Å². The Balaban J connectivity index is 0.000000763. The Morgan fingerprint density at radius 3 is 1.75 bits per heavy atom. The Labute approximate surface area is 326 Å². The van der Waals surface area contributed by atoms with Crippen LogP contribution >= 0.6 is 0 Å². The van der Waals surface area contributed by atoms with E-state index in [1.807, 2.05) is 6.08 Å². The smallest absolute Gasteiger partial charge is 0.407 e. The summed E-state index contributed by atoms with van der Waals surface area (Å²) in [6, 6.07) is 1.36. The SMILES string of the molecule is C.C=C(CO[C@H]1CC/C=C/CCC1)NCCNC(C)C.C=C(NC(C)C)O[C@@H]1/C=C/CCCCC1.CC(C)NCCNC(=O)O[C@@H]1/C=C/CCCCC1. The molecule has 9 heteroatoms. The van der Waals surface area contributed by atoms with Crippen molar-refractivity contribution in [2.75, 3.05) is 32.8 Å². The van der Waals surface area contributed by atoms with Crippen LogP contribution in [0.25, 0.3) is 0 Å². The summed E-state index contributed by atoms with van der Waals surface area (Å²) in [6.07, 6.45) is 31.1. The fourth-order valence-electron chi connectivity index (χ4n) is 5.86. The van der Waals surface area contributed by atoms with Gasteiger partial charge in [-0.2, -0.15) is 0 Å². The van der Waals surface area contributed by atoms with Gasteiger partial charge in [0.05, 0.1) is 12.7 Å². The number of hydrogen-bond donors (Lipinski definition) is 5. The number of hydrogen-bond acceptors (Lipinski definition) is 8. The van der Waals surface area contributed by atoms with Crippen molar-refractivity contribution in [2.45, 2.75) is 182 Å². The summed E-state index contributed by atoms with van der Waals surface area (Å²) in [5.74, 6) is 0.695. The molecule has 0 saturated carbocycles. The highest BCUT2D eigenvalue weighted by Gasteiger charge is 2.13. The number of carbonyl (C=O) groups excluding carboxylic acids is 1. The molecule has 0 bridgehead atoms. The Kier molecular flexibility index (Phi) is 32.0. The maximum absolute atomic E-state index is 11.6. The van der Waals surface area contributed by atoms with E-state index >= 15 is 0 Å². The van der Waals surface area contributed by atoms with E-state index in [1.54, 1.807) is 0 Å². The first kappa shape index (κ1) is 50.2. The van der Waals surface area contributed by atoms with Crippen molar-refractivity contribution in [1.82, 2.24) is 26.6 Å². The molecule has 3 aliphatic carbocycles. The molecule has 0 aromatic rings. The number of ether oxygens (including phenoxy) is 3. The van der Waals surface area contributed by atoms with Gasteiger partial charge in [-0.05, 0) is 116 Å². The largest absolute Gasteiger partial charge is 0.472 e. The van der Waals surface area contributed by atoms with Gasteiger partial charge in [0.25, 0.3) is 0 Å². The second-order valence-electron chi connectivity index (χ2n) is 15.0. The Bertz CT molecular complexity index is 1010. The highest BCUT2D eigenvalue weighted by Crippen LogP contribution is 2.17. The van der Waals surface area contributed by atoms with Crippen molar-refractivity contribution in [1.29, 1.82) is 0 Å². The van der Waals surface area contributed by atoms with E-state index in [2.05, 4.69) is 112 Å². The van der Waals surface area contributed by atoms with Crippen molar-refractivity contribution in [2.24, 2.45) is 0 Å². The van der Waals surface area contributed by atoms with E-state index in [4.69, 9.17) is 14.2 Å². The average molecular weight is 746 g/mol. The van der Waals surface area contributed by atoms with Gasteiger partial charge in [-0.25, -0.2) is 4.79 Å². The monoisotopic (exact) mass is 746 g/mol. The fraction of sp³-hybridized carbons (Fsp3) is 0.750. The molecular formula is C44H83N5O4. The lowest BCUT2D eigenvalue weighted by Crippen LogP contribution is -2.36. The van der Waals surface area contributed by atoms with E-state index < -0.39 is 0 Å². The quantitative estimate of drug-likeness (QED) is 0.0570. The number of allylic oxidation sites excluding steroid dienone is 4. The highest BCUT2D eigenvalue weighted by molar-refractivity contribution is 5.67. The Hall–Kier alpha value is -2.75. The highest BCUT2D eigenvalue weighted by atomic mass is 16.6. The molecule has 53 heavy (non-hydrogen) atoms. The molecule has 308 valence electrons. The third kappa shape index (κ3) is 32.4. The predicted octanol–water partition coefficient (Wildman–Crippen LogP) is 9.59. The van der Waals surface area contributed by atoms with Gasteiger partial charge in [0.1, 0.15) is 12.2 Å². The van der Waals surface area contributed by atoms with Crippen LogP contribution in [-0.4, -0.2) is 75.3 Å². The molecule has 1 amide bonds. The molecule has 3 aliphatic rings. The Morgan fingerprint density at radius 1 is 0.623 bits per heavy atom. The second-order valence-corrected chi connectivity index (χ2v) is 15.0. The van der Waals surface area contributed by atoms with Crippen LogP contribution in [0.4, 0.5) is 4.79 Å². The predicted molar refractivity (Wildman–Crippen MR) is 227 cm³/mol. The minimum atomic E-state index is -0.309. The first-order valence-corrected chi connectivity index (χ1v) is 20.6. The number of amides is 1. The number of nitrogens with one attached hydrogen (secondary N) is 5. The molecule has 0 unspecified atom stereocenters. The van der Waals surface area contributed by atoms with Crippen LogP contribution in [0.3, 0.4) is 0 Å². The van der Waals surface area contributed by atoms with Crippen LogP contribution in [-0.2, 0) is 14.2 Å². The zero-order valence-electron chi connectivity index (χ0n) is 34.1. The van der Waals surface area contributed by atoms with E-state index in [0.29, 0.717) is 43.3 Å². The van der Waals surface area contributed by atoms with Gasteiger partial charge in [-0.3, -0.25) is 0 Å². The molecule has 0 radical (unpaired) electrons. The molecular weight excluding hydrogens is 663 g/mol. The summed E-state index contributed by atoms with van der Waals surface area (Å²) in [6.45, 7) is 24.4. The van der Waals surface area contributed by atoms with Crippen LogP contribution in [0.1, 0.15) is 145 Å². The number of carbonyl (C=O) groups is 1. The molecule has 0 aromatic carbocycles. The van der Waals surface area contributed by atoms with Crippen LogP contribution in [0.5, 0.6) is 0 Å². The van der Waals surface area contributed by atoms with Gasteiger partial charge >= 0.3 is 6.09 Å². The lowest BCUT2D eigenvalue weighted by molar-refractivity contribution is 0.0536. The van der Waals surface area contributed by atoms with E-state index in [-0.39, 0.29) is 25.7 Å². The van der Waals surface area contributed by atoms with E-state index in [9.17, 15) is 4.79 Å². The third-order valence-electron chi connectivity index (χ3n) is 8.63. The molecule has 0 aliphatic heterocycles. The van der Waals surface area contributed by atoms with Crippen molar-refractivity contribution >= 4 is 6.09 Å². The molecule has 9 nitrogen and oxygen atoms in total. The minimum absolute atomic E-state index is 0. The minimum Gasteiger partial charge on any atom is -0.472 e. The molecule has 0 spiro atoms. The topological polar surface area (TPSA) is 105 Å². The lowest BCUT2D eigenvalue weighted by Gasteiger charge is -2.21. The maximum Gasteiger partial charge on any atom is 0.407 e. The molecule has 3 rings (SSSR count). The number of alkyl carbamates (subject to hydrolysis) is 1. The van der Waals surface area contributed by atoms with Gasteiger partial charge < -0.3 is 40.8 Å². The van der Waals surface area contributed by atoms with Gasteiger partial charge in [0.15, 0.2) is 5.88 Å². The zero-order valence-corrected chi connectivity index (χ0v) is 34.1. The summed E-state index contributed by atoms with van der Waals surface area (Å²) in [7, 11) is 0. The molecule has 0 fully saturated rings. The van der Waals surface area contributed by atoms with Crippen LogP contribution in [0.15, 0.2) is 61.2 Å². The molecule has 5 N–H and O–H groups in total. The second kappa shape index (κ2) is 33.8. The lowest BCUT2D eigenvalue weighted by atomic mass is 10.0. The fourth-order valence-corrected chi connectivity index (χ4v) is 5.86. The summed E-state index contributed by atoms with van der Waals surface area (Å²) in [4.78, 5) is 11.6. The molecule has 0 heterocycles. The maximum atomic E-state index is 11.6. The van der Waals surface area contributed by atoms with Crippen molar-refractivity contribution < 1.29 is 19.0 Å². The van der Waals surface area contributed by atoms with Gasteiger partial charge in [0.2, 0.25) is 0 Å². The van der Waals surface area contributed by atoms with Crippen LogP contribution in [0.2, 0.25) is 0 Å². The normalized spacial score (nSPS) is 22.1. The first-order valence-electron chi connectivity index (χ1n) is 20.6. The van der Waals surface area contributed by atoms with Gasteiger partial charge in [-0.1, -0.05) is 78.8 Å². The first-order chi connectivity index (χ1) is 25.0. The van der Waals surface area contributed by atoms with Crippen molar-refractivity contribution in [3.05, 3.63) is 61.2 Å². The molecule has 0 aromatic heterocycles. The molecule has 0 saturated heterocycles.